The van der Waals surface area contributed by atoms with Crippen LogP contribution in [0.25, 0.3) is 0 Å². The Morgan fingerprint density at radius 2 is 1.18 bits per heavy atom. The van der Waals surface area contributed by atoms with E-state index in [2.05, 4.69) is 97.9 Å². The fraction of sp³-hybridized carbons (Fsp3) is 0.742. The van der Waals surface area contributed by atoms with Gasteiger partial charge in [-0.15, -0.1) is 0 Å². The normalized spacial score (nSPS) is 13.7. The molecular weight excluding hydrogens is 465 g/mol. The van der Waals surface area contributed by atoms with E-state index < -0.39 is 7.05 Å². The molecule has 1 aliphatic rings. The minimum atomic E-state index is -1.20. The molecule has 3 heteroatoms. The first kappa shape index (κ1) is 36.1. The summed E-state index contributed by atoms with van der Waals surface area (Å²) in [5.41, 5.74) is 1.37. The first-order valence-electron chi connectivity index (χ1n) is 14.0. The molecule has 0 aliphatic heterocycles. The number of rotatable bonds is 16. The molecule has 196 valence electrons. The predicted octanol–water partition coefficient (Wildman–Crippen LogP) is 11.3. The second-order valence-corrected chi connectivity index (χ2v) is 14.7. The zero-order valence-electron chi connectivity index (χ0n) is 24.2. The van der Waals surface area contributed by atoms with E-state index >= 15 is 0 Å². The summed E-state index contributed by atoms with van der Waals surface area (Å²) in [6, 6.07) is 0. The van der Waals surface area contributed by atoms with Crippen LogP contribution in [0, 0.1) is 17.8 Å². The van der Waals surface area contributed by atoms with Crippen LogP contribution in [0.2, 0.25) is 0 Å². The quantitative estimate of drug-likeness (QED) is 0.108. The standard InChI is InChI=1S/C23H44NP.C8H14.Ti/c1-20(2)12-9-17-25(18-10-13-21(3)4,19-11-14-22(5)6)24-23-15-7-8-16-23;1-3-5-7-8-6-4-2;/h7-8,15,20-22H,9-14,16-19H2,1-6H3;5-8H,3-4H2,1-2H3;. The SMILES string of the molecule is CC(C)CCCP(CCCC(C)C)(CCCC(C)C)=NC1=CC=CC1.CCC=CC=CCC.[Ti]. The zero-order chi connectivity index (χ0) is 25.0. The van der Waals surface area contributed by atoms with Gasteiger partial charge in [0.1, 0.15) is 0 Å². The first-order valence-corrected chi connectivity index (χ1v) is 16.3. The van der Waals surface area contributed by atoms with Crippen molar-refractivity contribution >= 4 is 7.05 Å². The fourth-order valence-electron chi connectivity index (χ4n) is 4.08. The molecule has 0 aromatic rings. The summed E-state index contributed by atoms with van der Waals surface area (Å²) in [4.78, 5) is 0. The molecule has 0 saturated heterocycles. The van der Waals surface area contributed by atoms with Gasteiger partial charge in [-0.25, -0.2) is 0 Å². The minimum Gasteiger partial charge on any atom is -0.272 e. The predicted molar refractivity (Wildman–Crippen MR) is 157 cm³/mol. The molecule has 0 fully saturated rings. The van der Waals surface area contributed by atoms with Crippen molar-refractivity contribution in [3.8, 4) is 0 Å². The summed E-state index contributed by atoms with van der Waals surface area (Å²) in [6.07, 6.45) is 30.9. The van der Waals surface area contributed by atoms with Gasteiger partial charge in [0.25, 0.3) is 0 Å². The van der Waals surface area contributed by atoms with Crippen molar-refractivity contribution in [2.24, 2.45) is 22.5 Å². The molecule has 0 aromatic heterocycles. The van der Waals surface area contributed by atoms with Crippen molar-refractivity contribution in [3.05, 3.63) is 48.2 Å². The van der Waals surface area contributed by atoms with Crippen LogP contribution < -0.4 is 0 Å². The van der Waals surface area contributed by atoms with E-state index in [1.807, 2.05) is 0 Å². The average molecular weight is 524 g/mol. The Morgan fingerprint density at radius 1 is 0.765 bits per heavy atom. The molecular formula is C31H58NPTi. The van der Waals surface area contributed by atoms with Crippen LogP contribution in [0.15, 0.2) is 53.0 Å². The van der Waals surface area contributed by atoms with Gasteiger partial charge in [-0.05, 0) is 81.5 Å². The summed E-state index contributed by atoms with van der Waals surface area (Å²) in [5, 5.41) is 0. The molecule has 0 unspecified atom stereocenters. The number of allylic oxidation sites excluding steroid dienone is 7. The second-order valence-electron chi connectivity index (χ2n) is 10.9. The molecule has 0 spiro atoms. The number of hydrogen-bond acceptors (Lipinski definition) is 1. The van der Waals surface area contributed by atoms with Crippen LogP contribution in [-0.4, -0.2) is 18.5 Å². The van der Waals surface area contributed by atoms with E-state index in [-0.39, 0.29) is 21.7 Å². The van der Waals surface area contributed by atoms with Crippen molar-refractivity contribution in [2.45, 2.75) is 113 Å². The van der Waals surface area contributed by atoms with Crippen LogP contribution in [0.3, 0.4) is 0 Å². The molecule has 0 heterocycles. The van der Waals surface area contributed by atoms with Gasteiger partial charge in [0, 0.05) is 33.8 Å². The van der Waals surface area contributed by atoms with Gasteiger partial charge >= 0.3 is 0 Å². The summed E-state index contributed by atoms with van der Waals surface area (Å²) >= 11 is 0. The van der Waals surface area contributed by atoms with Crippen molar-refractivity contribution < 1.29 is 21.7 Å². The molecule has 34 heavy (non-hydrogen) atoms. The molecule has 0 amide bonds. The Bertz CT molecular complexity index is 583. The van der Waals surface area contributed by atoms with Crippen molar-refractivity contribution in [1.82, 2.24) is 0 Å². The van der Waals surface area contributed by atoms with Crippen molar-refractivity contribution in [1.29, 1.82) is 0 Å². The summed E-state index contributed by atoms with van der Waals surface area (Å²) in [7, 11) is -1.20. The van der Waals surface area contributed by atoms with Gasteiger partial charge in [-0.3, -0.25) is 4.74 Å². The van der Waals surface area contributed by atoms with Crippen molar-refractivity contribution in [2.75, 3.05) is 18.5 Å². The maximum Gasteiger partial charge on any atom is 0.0425 e. The number of nitrogens with zero attached hydrogens (tertiary/aromatic N) is 1. The van der Waals surface area contributed by atoms with Gasteiger partial charge in [-0.2, -0.15) is 0 Å². The van der Waals surface area contributed by atoms with Gasteiger partial charge in [0.15, 0.2) is 0 Å². The van der Waals surface area contributed by atoms with Crippen LogP contribution >= 0.6 is 7.05 Å². The molecule has 1 rings (SSSR count). The van der Waals surface area contributed by atoms with E-state index in [0.29, 0.717) is 0 Å². The Balaban J connectivity index is 0. The van der Waals surface area contributed by atoms with Gasteiger partial charge in [0.05, 0.1) is 0 Å². The second kappa shape index (κ2) is 23.3. The first-order chi connectivity index (χ1) is 15.7. The van der Waals surface area contributed by atoms with Crippen molar-refractivity contribution in [3.63, 3.8) is 0 Å². The van der Waals surface area contributed by atoms with E-state index in [9.17, 15) is 0 Å². The molecule has 0 N–H and O–H groups in total. The monoisotopic (exact) mass is 523 g/mol. The van der Waals surface area contributed by atoms with Gasteiger partial charge in [0.2, 0.25) is 0 Å². The molecule has 1 aliphatic carbocycles. The molecule has 0 bridgehead atoms. The van der Waals surface area contributed by atoms with Gasteiger partial charge in [-0.1, -0.05) is 111 Å². The van der Waals surface area contributed by atoms with Crippen LogP contribution in [0.1, 0.15) is 113 Å². The maximum atomic E-state index is 5.51. The van der Waals surface area contributed by atoms with E-state index in [0.717, 1.165) is 37.0 Å². The third-order valence-electron chi connectivity index (χ3n) is 6.01. The van der Waals surface area contributed by atoms with E-state index in [1.165, 1.54) is 62.7 Å². The van der Waals surface area contributed by atoms with E-state index in [1.54, 1.807) is 0 Å². The third kappa shape index (κ3) is 21.2. The molecule has 0 saturated carbocycles. The summed E-state index contributed by atoms with van der Waals surface area (Å²) in [5.74, 6) is 2.46. The summed E-state index contributed by atoms with van der Waals surface area (Å²) < 4.78 is 5.51. The topological polar surface area (TPSA) is 12.4 Å². The Morgan fingerprint density at radius 3 is 1.47 bits per heavy atom. The average Bonchev–Trinajstić information content (AvgIpc) is 3.24. The van der Waals surface area contributed by atoms with Crippen LogP contribution in [0.4, 0.5) is 0 Å². The Kier molecular flexibility index (Phi) is 24.7. The fourth-order valence-corrected chi connectivity index (χ4v) is 8.06. The maximum absolute atomic E-state index is 5.51. The van der Waals surface area contributed by atoms with E-state index in [4.69, 9.17) is 4.74 Å². The Hall–Kier alpha value is -0.0957. The summed E-state index contributed by atoms with van der Waals surface area (Å²) in [6.45, 7) is 18.4. The molecule has 0 aromatic carbocycles. The molecule has 0 atom stereocenters. The van der Waals surface area contributed by atoms with Crippen LogP contribution in [0.5, 0.6) is 0 Å². The van der Waals surface area contributed by atoms with Crippen LogP contribution in [-0.2, 0) is 21.7 Å². The largest absolute Gasteiger partial charge is 0.272 e. The minimum absolute atomic E-state index is 0. The molecule has 0 radical (unpaired) electrons. The van der Waals surface area contributed by atoms with Gasteiger partial charge < -0.3 is 0 Å². The Labute approximate surface area is 230 Å². The molecule has 1 nitrogen and oxygen atoms in total. The number of hydrogen-bond donors (Lipinski definition) is 0. The zero-order valence-corrected chi connectivity index (χ0v) is 26.6. The third-order valence-corrected chi connectivity index (χ3v) is 10.1. The smallest absolute Gasteiger partial charge is 0.0425 e.